The fourth-order valence-corrected chi connectivity index (χ4v) is 5.06. The SMILES string of the molecule is C[C@@H]1CNc2c(sc3ccc4nc(-c5cc(Cl)nc(Cl)c5)ccc4c23)C(=O)N1. The lowest BCUT2D eigenvalue weighted by Gasteiger charge is -2.10. The number of pyridine rings is 2. The number of fused-ring (bicyclic) bond motifs is 5. The van der Waals surface area contributed by atoms with E-state index in [1.165, 1.54) is 11.3 Å². The maximum absolute atomic E-state index is 12.5. The summed E-state index contributed by atoms with van der Waals surface area (Å²) >= 11 is 13.6. The van der Waals surface area contributed by atoms with Crippen LogP contribution in [0.2, 0.25) is 10.3 Å². The molecule has 5 nitrogen and oxygen atoms in total. The highest BCUT2D eigenvalue weighted by Crippen LogP contribution is 2.41. The van der Waals surface area contributed by atoms with E-state index in [0.29, 0.717) is 21.7 Å². The van der Waals surface area contributed by atoms with Gasteiger partial charge in [0.25, 0.3) is 5.91 Å². The van der Waals surface area contributed by atoms with Crippen molar-refractivity contribution < 1.29 is 4.79 Å². The van der Waals surface area contributed by atoms with Crippen molar-refractivity contribution in [1.82, 2.24) is 15.3 Å². The molecule has 2 N–H and O–H groups in total. The van der Waals surface area contributed by atoms with Crippen molar-refractivity contribution in [3.8, 4) is 11.3 Å². The lowest BCUT2D eigenvalue weighted by molar-refractivity contribution is 0.0949. The Balaban J connectivity index is 1.72. The second-order valence-electron chi connectivity index (χ2n) is 6.76. The number of hydrogen-bond donors (Lipinski definition) is 2. The molecule has 0 fully saturated rings. The summed E-state index contributed by atoms with van der Waals surface area (Å²) in [4.78, 5) is 22.0. The average Bonchev–Trinajstić information content (AvgIpc) is 2.98. The molecular formula is C20H14Cl2N4OS. The monoisotopic (exact) mass is 428 g/mol. The number of anilines is 1. The fourth-order valence-electron chi connectivity index (χ4n) is 3.50. The molecule has 0 saturated heterocycles. The van der Waals surface area contributed by atoms with Gasteiger partial charge in [-0.25, -0.2) is 9.97 Å². The van der Waals surface area contributed by atoms with Crippen LogP contribution in [0, 0.1) is 0 Å². The summed E-state index contributed by atoms with van der Waals surface area (Å²) in [5.74, 6) is -0.0347. The first-order valence-electron chi connectivity index (χ1n) is 8.74. The first kappa shape index (κ1) is 17.7. The predicted octanol–water partition coefficient (Wildman–Crippen LogP) is 5.36. The van der Waals surface area contributed by atoms with Crippen LogP contribution in [-0.4, -0.2) is 28.5 Å². The van der Waals surface area contributed by atoms with Gasteiger partial charge in [0.1, 0.15) is 15.2 Å². The van der Waals surface area contributed by atoms with E-state index in [1.807, 2.05) is 31.2 Å². The van der Waals surface area contributed by atoms with Gasteiger partial charge in [-0.15, -0.1) is 11.3 Å². The molecule has 1 aromatic carbocycles. The zero-order valence-corrected chi connectivity index (χ0v) is 17.0. The van der Waals surface area contributed by atoms with Gasteiger partial charge in [-0.05, 0) is 43.3 Å². The zero-order valence-electron chi connectivity index (χ0n) is 14.7. The van der Waals surface area contributed by atoms with E-state index in [0.717, 1.165) is 37.9 Å². The van der Waals surface area contributed by atoms with Crippen molar-refractivity contribution in [2.24, 2.45) is 0 Å². The van der Waals surface area contributed by atoms with E-state index in [9.17, 15) is 4.79 Å². The number of hydrogen-bond acceptors (Lipinski definition) is 5. The van der Waals surface area contributed by atoms with Crippen LogP contribution in [0.25, 0.3) is 32.2 Å². The van der Waals surface area contributed by atoms with Crippen LogP contribution in [0.5, 0.6) is 0 Å². The molecule has 0 radical (unpaired) electrons. The highest BCUT2D eigenvalue weighted by molar-refractivity contribution is 7.21. The van der Waals surface area contributed by atoms with Gasteiger partial charge >= 0.3 is 0 Å². The van der Waals surface area contributed by atoms with Crippen LogP contribution in [0.1, 0.15) is 16.6 Å². The minimum absolute atomic E-state index is 0.0347. The van der Waals surface area contributed by atoms with E-state index >= 15 is 0 Å². The normalized spacial score (nSPS) is 16.5. The molecule has 0 bridgehead atoms. The number of aromatic nitrogens is 2. The third kappa shape index (κ3) is 2.89. The Morgan fingerprint density at radius 2 is 1.89 bits per heavy atom. The molecule has 28 heavy (non-hydrogen) atoms. The number of benzene rings is 1. The quantitative estimate of drug-likeness (QED) is 0.400. The summed E-state index contributed by atoms with van der Waals surface area (Å²) in [5, 5.41) is 9.13. The molecule has 1 amide bonds. The predicted molar refractivity (Wildman–Crippen MR) is 116 cm³/mol. The molecule has 4 heterocycles. The Morgan fingerprint density at radius 1 is 1.11 bits per heavy atom. The van der Waals surface area contributed by atoms with E-state index in [-0.39, 0.29) is 11.9 Å². The van der Waals surface area contributed by atoms with Gasteiger partial charge in [0.15, 0.2) is 0 Å². The van der Waals surface area contributed by atoms with Crippen molar-refractivity contribution in [3.63, 3.8) is 0 Å². The molecule has 140 valence electrons. The molecular weight excluding hydrogens is 415 g/mol. The minimum atomic E-state index is -0.0347. The summed E-state index contributed by atoms with van der Waals surface area (Å²) < 4.78 is 1.05. The van der Waals surface area contributed by atoms with Crippen LogP contribution in [0.15, 0.2) is 36.4 Å². The van der Waals surface area contributed by atoms with Crippen LogP contribution < -0.4 is 10.6 Å². The molecule has 4 aromatic rings. The molecule has 0 unspecified atom stereocenters. The number of carbonyl (C=O) groups excluding carboxylic acids is 1. The van der Waals surface area contributed by atoms with Gasteiger partial charge in [0.05, 0.1) is 16.9 Å². The Kier molecular flexibility index (Phi) is 4.16. The molecule has 8 heteroatoms. The van der Waals surface area contributed by atoms with Gasteiger partial charge in [-0.1, -0.05) is 23.2 Å². The lowest BCUT2D eigenvalue weighted by atomic mass is 10.1. The Bertz CT molecular complexity index is 1250. The Labute approximate surface area is 174 Å². The third-order valence-corrected chi connectivity index (χ3v) is 6.29. The maximum atomic E-state index is 12.5. The second kappa shape index (κ2) is 6.58. The largest absolute Gasteiger partial charge is 0.381 e. The Hall–Kier alpha value is -2.41. The summed E-state index contributed by atoms with van der Waals surface area (Å²) in [6.45, 7) is 2.67. The van der Waals surface area contributed by atoms with Gasteiger partial charge < -0.3 is 10.6 Å². The molecule has 0 spiro atoms. The highest BCUT2D eigenvalue weighted by atomic mass is 35.5. The number of halogens is 2. The Morgan fingerprint density at radius 3 is 2.68 bits per heavy atom. The number of nitrogens with one attached hydrogen (secondary N) is 2. The summed E-state index contributed by atoms with van der Waals surface area (Å²) in [7, 11) is 0. The van der Waals surface area contributed by atoms with Gasteiger partial charge in [0.2, 0.25) is 0 Å². The summed E-state index contributed by atoms with van der Waals surface area (Å²) in [6, 6.07) is 11.5. The number of thiophene rings is 1. The second-order valence-corrected chi connectivity index (χ2v) is 8.59. The number of rotatable bonds is 1. The molecule has 1 atom stereocenters. The van der Waals surface area contributed by atoms with Gasteiger partial charge in [0, 0.05) is 33.6 Å². The average molecular weight is 429 g/mol. The van der Waals surface area contributed by atoms with Gasteiger partial charge in [-0.2, -0.15) is 0 Å². The zero-order chi connectivity index (χ0) is 19.4. The molecule has 1 aliphatic heterocycles. The smallest absolute Gasteiger partial charge is 0.263 e. The first-order valence-corrected chi connectivity index (χ1v) is 10.3. The third-order valence-electron chi connectivity index (χ3n) is 4.75. The van der Waals surface area contributed by atoms with E-state index in [4.69, 9.17) is 28.2 Å². The number of nitrogens with zero attached hydrogens (tertiary/aromatic N) is 2. The summed E-state index contributed by atoms with van der Waals surface area (Å²) in [5.41, 5.74) is 3.30. The van der Waals surface area contributed by atoms with Crippen molar-refractivity contribution in [1.29, 1.82) is 0 Å². The molecule has 0 aliphatic carbocycles. The molecule has 3 aromatic heterocycles. The maximum Gasteiger partial charge on any atom is 0.263 e. The van der Waals surface area contributed by atoms with Crippen LogP contribution >= 0.6 is 34.5 Å². The van der Waals surface area contributed by atoms with Crippen LogP contribution in [-0.2, 0) is 0 Å². The number of amides is 1. The van der Waals surface area contributed by atoms with Gasteiger partial charge in [-0.3, -0.25) is 4.79 Å². The highest BCUT2D eigenvalue weighted by Gasteiger charge is 2.24. The standard InChI is InChI=1S/C20H14Cl2N4OS/c1-9-8-23-18-17-11-2-3-12(10-6-15(21)26-16(22)7-10)25-13(11)4-5-14(17)28-19(18)20(27)24-9/h2-7,9,23H,8H2,1H3,(H,24,27)/t9-/m1/s1. The molecule has 5 rings (SSSR count). The van der Waals surface area contributed by atoms with E-state index < -0.39 is 0 Å². The van der Waals surface area contributed by atoms with Crippen LogP contribution in [0.4, 0.5) is 5.69 Å². The number of carbonyl (C=O) groups is 1. The molecule has 0 saturated carbocycles. The van der Waals surface area contributed by atoms with E-state index in [2.05, 4.69) is 15.6 Å². The minimum Gasteiger partial charge on any atom is -0.381 e. The van der Waals surface area contributed by atoms with Crippen molar-refractivity contribution in [2.45, 2.75) is 13.0 Å². The fraction of sp³-hybridized carbons (Fsp3) is 0.150. The topological polar surface area (TPSA) is 66.9 Å². The lowest BCUT2D eigenvalue weighted by Crippen LogP contribution is -2.34. The van der Waals surface area contributed by atoms with Crippen molar-refractivity contribution in [3.05, 3.63) is 51.6 Å². The summed E-state index contributed by atoms with van der Waals surface area (Å²) in [6.07, 6.45) is 0. The van der Waals surface area contributed by atoms with Crippen molar-refractivity contribution in [2.75, 3.05) is 11.9 Å². The molecule has 1 aliphatic rings. The van der Waals surface area contributed by atoms with E-state index in [1.54, 1.807) is 12.1 Å². The van der Waals surface area contributed by atoms with Crippen molar-refractivity contribution >= 4 is 67.1 Å². The van der Waals surface area contributed by atoms with Crippen LogP contribution in [0.3, 0.4) is 0 Å². The first-order chi connectivity index (χ1) is 13.5.